The number of carbonyl (C=O) groups excluding carboxylic acids is 1. The third kappa shape index (κ3) is 3.73. The number of halogens is 3. The Morgan fingerprint density at radius 1 is 1.36 bits per heavy atom. The number of ether oxygens (including phenoxy) is 1. The third-order valence-electron chi connectivity index (χ3n) is 3.45. The number of benzene rings is 1. The molecule has 2 aromatic rings. The van der Waals surface area contributed by atoms with Crippen LogP contribution in [0.1, 0.15) is 20.2 Å². The van der Waals surface area contributed by atoms with Crippen molar-refractivity contribution in [1.82, 2.24) is 4.98 Å². The fourth-order valence-corrected chi connectivity index (χ4v) is 3.31. The predicted octanol–water partition coefficient (Wildman–Crippen LogP) is 2.11. The van der Waals surface area contributed by atoms with E-state index in [1.54, 1.807) is 12.1 Å². The Bertz CT molecular complexity index is 861. The van der Waals surface area contributed by atoms with Crippen LogP contribution in [0, 0.1) is 0 Å². The third-order valence-corrected chi connectivity index (χ3v) is 4.59. The highest BCUT2D eigenvalue weighted by Crippen LogP contribution is 2.38. The van der Waals surface area contributed by atoms with E-state index in [0.717, 1.165) is 4.88 Å². The summed E-state index contributed by atoms with van der Waals surface area (Å²) in [6.07, 6.45) is -3.91. The largest absolute Gasteiger partial charge is 0.492 e. The van der Waals surface area contributed by atoms with Crippen LogP contribution >= 0.6 is 11.3 Å². The molecule has 1 aliphatic heterocycles. The van der Waals surface area contributed by atoms with Crippen LogP contribution in [0.4, 0.5) is 13.2 Å². The lowest BCUT2D eigenvalue weighted by molar-refractivity contribution is -0.118. The van der Waals surface area contributed by atoms with Crippen molar-refractivity contribution >= 4 is 23.1 Å². The van der Waals surface area contributed by atoms with Crippen LogP contribution in [-0.2, 0) is 6.42 Å². The van der Waals surface area contributed by atoms with Crippen LogP contribution in [0.15, 0.2) is 23.2 Å². The van der Waals surface area contributed by atoms with Gasteiger partial charge >= 0.3 is 6.18 Å². The van der Waals surface area contributed by atoms with E-state index in [1.807, 2.05) is 0 Å². The molecule has 1 aromatic carbocycles. The molecule has 132 valence electrons. The van der Waals surface area contributed by atoms with Gasteiger partial charge in [-0.25, -0.2) is 4.98 Å². The Hall–Kier alpha value is -2.62. The van der Waals surface area contributed by atoms with E-state index < -0.39 is 18.6 Å². The molecule has 0 spiro atoms. The number of amides is 1. The van der Waals surface area contributed by atoms with Crippen LogP contribution in [0.3, 0.4) is 0 Å². The summed E-state index contributed by atoms with van der Waals surface area (Å²) in [6.45, 7) is -1.02. The van der Waals surface area contributed by atoms with Crippen molar-refractivity contribution in [2.75, 3.05) is 13.2 Å². The van der Waals surface area contributed by atoms with Crippen molar-refractivity contribution < 1.29 is 22.7 Å². The van der Waals surface area contributed by atoms with Crippen molar-refractivity contribution in [1.29, 1.82) is 0 Å². The van der Waals surface area contributed by atoms with Gasteiger partial charge in [0.2, 0.25) is 5.91 Å². The first-order valence-electron chi connectivity index (χ1n) is 7.18. The van der Waals surface area contributed by atoms with Crippen LogP contribution in [0.5, 0.6) is 5.75 Å². The molecule has 10 heteroatoms. The molecule has 0 fully saturated rings. The van der Waals surface area contributed by atoms with Gasteiger partial charge in [-0.05, 0) is 18.2 Å². The minimum absolute atomic E-state index is 0.223. The van der Waals surface area contributed by atoms with Gasteiger partial charge in [-0.1, -0.05) is 0 Å². The Kier molecular flexibility index (Phi) is 4.38. The van der Waals surface area contributed by atoms with Gasteiger partial charge in [-0.3, -0.25) is 9.79 Å². The maximum atomic E-state index is 12.3. The Labute approximate surface area is 144 Å². The van der Waals surface area contributed by atoms with Gasteiger partial charge in [-0.15, -0.1) is 11.3 Å². The van der Waals surface area contributed by atoms with E-state index >= 15 is 0 Å². The number of amidine groups is 1. The highest BCUT2D eigenvalue weighted by Gasteiger charge is 2.27. The lowest BCUT2D eigenvalue weighted by Crippen LogP contribution is -2.19. The van der Waals surface area contributed by atoms with Crippen molar-refractivity contribution in [3.8, 4) is 17.0 Å². The first-order chi connectivity index (χ1) is 11.7. The maximum absolute atomic E-state index is 12.3. The normalized spacial score (nSPS) is 14.3. The number of alkyl halides is 3. The zero-order chi connectivity index (χ0) is 18.2. The summed E-state index contributed by atoms with van der Waals surface area (Å²) in [6, 6.07) is 4.71. The molecule has 0 atom stereocenters. The summed E-state index contributed by atoms with van der Waals surface area (Å²) >= 11 is 1.18. The minimum Gasteiger partial charge on any atom is -0.492 e. The summed E-state index contributed by atoms with van der Waals surface area (Å²) in [5.41, 5.74) is 12.4. The molecule has 0 bridgehead atoms. The van der Waals surface area contributed by atoms with Gasteiger partial charge in [0.25, 0.3) is 0 Å². The number of carbonyl (C=O) groups is 1. The lowest BCUT2D eigenvalue weighted by Gasteiger charge is -2.08. The van der Waals surface area contributed by atoms with Crippen LogP contribution < -0.4 is 16.2 Å². The number of rotatable bonds is 3. The summed E-state index contributed by atoms with van der Waals surface area (Å²) in [7, 11) is 0. The van der Waals surface area contributed by atoms with Crippen molar-refractivity contribution in [2.24, 2.45) is 16.5 Å². The molecule has 1 amide bonds. The van der Waals surface area contributed by atoms with E-state index in [9.17, 15) is 18.0 Å². The summed E-state index contributed by atoms with van der Waals surface area (Å²) in [5, 5.41) is 0.223. The monoisotopic (exact) mass is 370 g/mol. The van der Waals surface area contributed by atoms with Crippen LogP contribution in [0.2, 0.25) is 0 Å². The average Bonchev–Trinajstić information content (AvgIpc) is 2.88. The van der Waals surface area contributed by atoms with E-state index in [1.165, 1.54) is 17.4 Å². The summed E-state index contributed by atoms with van der Waals surface area (Å²) in [4.78, 5) is 19.8. The van der Waals surface area contributed by atoms with Crippen LogP contribution in [0.25, 0.3) is 11.3 Å². The topological polar surface area (TPSA) is 104 Å². The van der Waals surface area contributed by atoms with Crippen molar-refractivity contribution in [3.05, 3.63) is 33.6 Å². The Balaban J connectivity index is 1.99. The van der Waals surface area contributed by atoms with Crippen molar-refractivity contribution in [3.63, 3.8) is 0 Å². The second-order valence-corrected chi connectivity index (χ2v) is 6.36. The number of hydrogen-bond acceptors (Lipinski definition) is 5. The van der Waals surface area contributed by atoms with E-state index in [-0.39, 0.29) is 10.8 Å². The van der Waals surface area contributed by atoms with E-state index in [0.29, 0.717) is 35.6 Å². The number of hydrogen-bond donors (Lipinski definition) is 2. The predicted molar refractivity (Wildman–Crippen MR) is 86.9 cm³/mol. The molecule has 1 aliphatic rings. The fourth-order valence-electron chi connectivity index (χ4n) is 2.33. The summed E-state index contributed by atoms with van der Waals surface area (Å²) < 4.78 is 42.5. The molecule has 1 aromatic heterocycles. The summed E-state index contributed by atoms with van der Waals surface area (Å²) in [5.74, 6) is -0.400. The highest BCUT2D eigenvalue weighted by molar-refractivity contribution is 7.14. The molecule has 6 nitrogen and oxygen atoms in total. The van der Waals surface area contributed by atoms with E-state index in [2.05, 4.69) is 9.98 Å². The van der Waals surface area contributed by atoms with Gasteiger partial charge in [0.1, 0.15) is 12.3 Å². The molecular weight excluding hydrogens is 357 g/mol. The first-order valence-corrected chi connectivity index (χ1v) is 8.00. The Morgan fingerprint density at radius 2 is 2.12 bits per heavy atom. The Morgan fingerprint density at radius 3 is 2.80 bits per heavy atom. The van der Waals surface area contributed by atoms with Gasteiger partial charge in [0.15, 0.2) is 10.8 Å². The molecule has 0 unspecified atom stereocenters. The number of primary amides is 1. The van der Waals surface area contributed by atoms with Crippen molar-refractivity contribution in [2.45, 2.75) is 12.6 Å². The maximum Gasteiger partial charge on any atom is 0.408 e. The minimum atomic E-state index is -4.43. The van der Waals surface area contributed by atoms with E-state index in [4.69, 9.17) is 16.2 Å². The SMILES string of the molecule is NC(=O)c1ccc2c(c1)OCCc1sc(C(N)=NCC(F)(F)F)nc1-2. The zero-order valence-corrected chi connectivity index (χ0v) is 13.6. The fraction of sp³-hybridized carbons (Fsp3) is 0.267. The standard InChI is InChI=1S/C15H13F3N4O2S/c16-15(17,18)6-21-12(19)14-22-11-8-2-1-7(13(20)23)5-9(8)24-4-3-10(11)25-14/h1-2,5H,3-4,6H2,(H2,19,21)(H2,20,23). The number of aromatic nitrogens is 1. The highest BCUT2D eigenvalue weighted by atomic mass is 32.1. The lowest BCUT2D eigenvalue weighted by atomic mass is 10.1. The second kappa shape index (κ2) is 6.36. The molecule has 0 radical (unpaired) electrons. The zero-order valence-electron chi connectivity index (χ0n) is 12.8. The second-order valence-electron chi connectivity index (χ2n) is 5.28. The quantitative estimate of drug-likeness (QED) is 0.638. The molecule has 25 heavy (non-hydrogen) atoms. The molecular formula is C15H13F3N4O2S. The molecule has 0 saturated carbocycles. The van der Waals surface area contributed by atoms with Crippen LogP contribution in [-0.4, -0.2) is 36.1 Å². The molecule has 3 rings (SSSR count). The number of nitrogens with zero attached hydrogens (tertiary/aromatic N) is 2. The average molecular weight is 370 g/mol. The molecule has 0 saturated heterocycles. The van der Waals surface area contributed by atoms with Gasteiger partial charge < -0.3 is 16.2 Å². The smallest absolute Gasteiger partial charge is 0.408 e. The number of nitrogens with two attached hydrogens (primary N) is 2. The van der Waals surface area contributed by atoms with Gasteiger partial charge in [-0.2, -0.15) is 13.2 Å². The van der Waals surface area contributed by atoms with Gasteiger partial charge in [0, 0.05) is 22.4 Å². The number of thiazole rings is 1. The number of fused-ring (bicyclic) bond motifs is 3. The van der Waals surface area contributed by atoms with Gasteiger partial charge in [0.05, 0.1) is 12.3 Å². The first kappa shape index (κ1) is 17.2. The molecule has 4 N–H and O–H groups in total. The molecule has 0 aliphatic carbocycles. The number of aliphatic imine (C=N–C) groups is 1. The molecule has 2 heterocycles.